The van der Waals surface area contributed by atoms with E-state index in [2.05, 4.69) is 59.8 Å². The molecule has 0 saturated carbocycles. The molecule has 1 aliphatic rings. The summed E-state index contributed by atoms with van der Waals surface area (Å²) in [7, 11) is 0. The molecule has 0 aromatic heterocycles. The van der Waals surface area contributed by atoms with Crippen molar-refractivity contribution in [2.75, 3.05) is 18.1 Å². The highest BCUT2D eigenvalue weighted by molar-refractivity contribution is 9.10. The summed E-state index contributed by atoms with van der Waals surface area (Å²) in [5.74, 6) is 0.353. The van der Waals surface area contributed by atoms with Crippen molar-refractivity contribution >= 4 is 21.6 Å². The number of benzene rings is 1. The first-order valence-corrected chi connectivity index (χ1v) is 7.40. The predicted molar refractivity (Wildman–Crippen MR) is 80.1 cm³/mol. The van der Waals surface area contributed by atoms with E-state index < -0.39 is 0 Å². The summed E-state index contributed by atoms with van der Waals surface area (Å²) in [5, 5.41) is 9.55. The number of piperidine rings is 1. The monoisotopic (exact) mass is 311 g/mol. The third-order valence-corrected chi connectivity index (χ3v) is 5.17. The van der Waals surface area contributed by atoms with Gasteiger partial charge in [-0.1, -0.05) is 22.0 Å². The Morgan fingerprint density at radius 1 is 1.44 bits per heavy atom. The zero-order chi connectivity index (χ0) is 13.3. The van der Waals surface area contributed by atoms with Crippen LogP contribution in [0.1, 0.15) is 32.3 Å². The minimum absolute atomic E-state index is 0.0156. The molecule has 1 aliphatic heterocycles. The lowest BCUT2D eigenvalue weighted by Crippen LogP contribution is -2.54. The first-order chi connectivity index (χ1) is 8.46. The van der Waals surface area contributed by atoms with E-state index in [1.54, 1.807) is 0 Å². The SMILES string of the molecule is Cc1ccc(N2CCCC(CO)C2(C)C)cc1Br. The van der Waals surface area contributed by atoms with Gasteiger partial charge in [-0.05, 0) is 51.3 Å². The lowest BCUT2D eigenvalue weighted by molar-refractivity contribution is 0.136. The van der Waals surface area contributed by atoms with Crippen LogP contribution in [0.2, 0.25) is 0 Å². The molecule has 1 N–H and O–H groups in total. The Morgan fingerprint density at radius 3 is 2.78 bits per heavy atom. The molecule has 2 rings (SSSR count). The molecular formula is C15H22BrNO. The van der Waals surface area contributed by atoms with Gasteiger partial charge in [0.1, 0.15) is 0 Å². The number of aliphatic hydroxyl groups excluding tert-OH is 1. The number of nitrogens with zero attached hydrogens (tertiary/aromatic N) is 1. The van der Waals surface area contributed by atoms with Crippen LogP contribution < -0.4 is 4.90 Å². The van der Waals surface area contributed by atoms with Crippen molar-refractivity contribution in [3.8, 4) is 0 Å². The van der Waals surface area contributed by atoms with E-state index in [0.717, 1.165) is 23.9 Å². The first kappa shape index (κ1) is 13.9. The Labute approximate surface area is 118 Å². The first-order valence-electron chi connectivity index (χ1n) is 6.61. The molecule has 1 heterocycles. The Kier molecular flexibility index (Phi) is 4.02. The number of aryl methyl sites for hydroxylation is 1. The van der Waals surface area contributed by atoms with Gasteiger partial charge in [0.25, 0.3) is 0 Å². The molecule has 1 atom stereocenters. The summed E-state index contributed by atoms with van der Waals surface area (Å²) in [6, 6.07) is 6.52. The maximum atomic E-state index is 9.55. The minimum Gasteiger partial charge on any atom is -0.396 e. The number of hydrogen-bond donors (Lipinski definition) is 1. The molecule has 0 bridgehead atoms. The number of aliphatic hydroxyl groups is 1. The zero-order valence-corrected chi connectivity index (χ0v) is 13.0. The number of halogens is 1. The van der Waals surface area contributed by atoms with Crippen molar-refractivity contribution in [1.82, 2.24) is 0 Å². The zero-order valence-electron chi connectivity index (χ0n) is 11.4. The fourth-order valence-corrected chi connectivity index (χ4v) is 3.25. The fraction of sp³-hybridized carbons (Fsp3) is 0.600. The highest BCUT2D eigenvalue weighted by Crippen LogP contribution is 2.37. The van der Waals surface area contributed by atoms with Gasteiger partial charge in [-0.2, -0.15) is 0 Å². The van der Waals surface area contributed by atoms with E-state index in [4.69, 9.17) is 0 Å². The predicted octanol–water partition coefficient (Wildman–Crippen LogP) is 3.74. The van der Waals surface area contributed by atoms with Gasteiger partial charge in [0, 0.05) is 34.8 Å². The van der Waals surface area contributed by atoms with Crippen LogP contribution in [-0.4, -0.2) is 23.8 Å². The van der Waals surface area contributed by atoms with Gasteiger partial charge in [0.15, 0.2) is 0 Å². The molecule has 1 aromatic rings. The molecule has 1 unspecified atom stereocenters. The molecule has 0 spiro atoms. The number of anilines is 1. The van der Waals surface area contributed by atoms with Gasteiger partial charge in [0.05, 0.1) is 0 Å². The summed E-state index contributed by atoms with van der Waals surface area (Å²) < 4.78 is 1.15. The standard InChI is InChI=1S/C15H22BrNO/c1-11-6-7-13(9-14(11)16)17-8-4-5-12(10-18)15(17,2)3/h6-7,9,12,18H,4-5,8,10H2,1-3H3. The van der Waals surface area contributed by atoms with Gasteiger partial charge >= 0.3 is 0 Å². The quantitative estimate of drug-likeness (QED) is 0.899. The Hall–Kier alpha value is -0.540. The van der Waals surface area contributed by atoms with Crippen LogP contribution in [0.15, 0.2) is 22.7 Å². The van der Waals surface area contributed by atoms with Crippen LogP contribution in [0.25, 0.3) is 0 Å². The van der Waals surface area contributed by atoms with E-state index in [1.165, 1.54) is 11.3 Å². The highest BCUT2D eigenvalue weighted by Gasteiger charge is 2.38. The van der Waals surface area contributed by atoms with Crippen molar-refractivity contribution in [3.05, 3.63) is 28.2 Å². The largest absolute Gasteiger partial charge is 0.396 e. The van der Waals surface area contributed by atoms with Crippen molar-refractivity contribution in [3.63, 3.8) is 0 Å². The second-order valence-electron chi connectivity index (χ2n) is 5.76. The molecule has 2 nitrogen and oxygen atoms in total. The van der Waals surface area contributed by atoms with Crippen molar-refractivity contribution in [2.24, 2.45) is 5.92 Å². The lowest BCUT2D eigenvalue weighted by Gasteiger charge is -2.49. The van der Waals surface area contributed by atoms with E-state index in [1.807, 2.05) is 0 Å². The summed E-state index contributed by atoms with van der Waals surface area (Å²) >= 11 is 3.61. The number of rotatable bonds is 2. The Balaban J connectivity index is 2.33. The van der Waals surface area contributed by atoms with Gasteiger partial charge in [0.2, 0.25) is 0 Å². The van der Waals surface area contributed by atoms with Crippen LogP contribution in [0, 0.1) is 12.8 Å². The van der Waals surface area contributed by atoms with E-state index in [-0.39, 0.29) is 12.1 Å². The molecule has 100 valence electrons. The molecule has 0 amide bonds. The van der Waals surface area contributed by atoms with Crippen molar-refractivity contribution in [2.45, 2.75) is 39.2 Å². The molecule has 0 aliphatic carbocycles. The second kappa shape index (κ2) is 5.22. The maximum Gasteiger partial charge on any atom is 0.0481 e. The molecule has 18 heavy (non-hydrogen) atoms. The number of hydrogen-bond acceptors (Lipinski definition) is 2. The molecule has 1 saturated heterocycles. The minimum atomic E-state index is 0.0156. The maximum absolute atomic E-state index is 9.55. The fourth-order valence-electron chi connectivity index (χ4n) is 2.88. The lowest BCUT2D eigenvalue weighted by atomic mass is 9.79. The van der Waals surface area contributed by atoms with Gasteiger partial charge in [-0.25, -0.2) is 0 Å². The Bertz CT molecular complexity index is 431. The van der Waals surface area contributed by atoms with Crippen LogP contribution in [-0.2, 0) is 0 Å². The van der Waals surface area contributed by atoms with Gasteiger partial charge in [-0.3, -0.25) is 0 Å². The van der Waals surface area contributed by atoms with Crippen LogP contribution >= 0.6 is 15.9 Å². The van der Waals surface area contributed by atoms with Crippen molar-refractivity contribution in [1.29, 1.82) is 0 Å². The smallest absolute Gasteiger partial charge is 0.0481 e. The van der Waals surface area contributed by atoms with E-state index in [0.29, 0.717) is 5.92 Å². The van der Waals surface area contributed by atoms with E-state index in [9.17, 15) is 5.11 Å². The molecule has 0 radical (unpaired) electrons. The summed E-state index contributed by atoms with van der Waals surface area (Å²) in [6.45, 7) is 7.92. The normalized spacial score (nSPS) is 23.2. The molecular weight excluding hydrogens is 290 g/mol. The van der Waals surface area contributed by atoms with Crippen LogP contribution in [0.5, 0.6) is 0 Å². The van der Waals surface area contributed by atoms with Crippen LogP contribution in [0.4, 0.5) is 5.69 Å². The average Bonchev–Trinajstić information content (AvgIpc) is 2.32. The van der Waals surface area contributed by atoms with E-state index >= 15 is 0 Å². The molecule has 3 heteroatoms. The van der Waals surface area contributed by atoms with Crippen molar-refractivity contribution < 1.29 is 5.11 Å². The second-order valence-corrected chi connectivity index (χ2v) is 6.61. The summed E-state index contributed by atoms with van der Waals surface area (Å²) in [6.07, 6.45) is 2.27. The van der Waals surface area contributed by atoms with Gasteiger partial charge < -0.3 is 10.0 Å². The molecule has 1 aromatic carbocycles. The highest BCUT2D eigenvalue weighted by atomic mass is 79.9. The Morgan fingerprint density at radius 2 is 2.17 bits per heavy atom. The molecule has 1 fully saturated rings. The summed E-state index contributed by atoms with van der Waals surface area (Å²) in [5.41, 5.74) is 2.52. The summed E-state index contributed by atoms with van der Waals surface area (Å²) in [4.78, 5) is 2.43. The third kappa shape index (κ3) is 2.43. The van der Waals surface area contributed by atoms with Gasteiger partial charge in [-0.15, -0.1) is 0 Å². The topological polar surface area (TPSA) is 23.5 Å². The average molecular weight is 312 g/mol. The third-order valence-electron chi connectivity index (χ3n) is 4.32. The van der Waals surface area contributed by atoms with Crippen LogP contribution in [0.3, 0.4) is 0 Å².